The van der Waals surface area contributed by atoms with Gasteiger partial charge < -0.3 is 14.5 Å². The Kier molecular flexibility index (Phi) is 5.13. The van der Waals surface area contributed by atoms with Gasteiger partial charge in [-0.3, -0.25) is 4.79 Å². The molecular weight excluding hydrogens is 258 g/mol. The first-order chi connectivity index (χ1) is 9.19. The zero-order chi connectivity index (χ0) is 15.3. The molecule has 1 rings (SSSR count). The van der Waals surface area contributed by atoms with Crippen LogP contribution in [0.15, 0.2) is 35.0 Å². The molecule has 5 heteroatoms. The van der Waals surface area contributed by atoms with Crippen molar-refractivity contribution in [2.75, 3.05) is 0 Å². The average molecular weight is 279 g/mol. The molecule has 0 fully saturated rings. The molecule has 1 aromatic heterocycles. The first kappa shape index (κ1) is 16.0. The van der Waals surface area contributed by atoms with Crippen molar-refractivity contribution >= 4 is 11.9 Å². The van der Waals surface area contributed by atoms with E-state index in [0.29, 0.717) is 6.42 Å². The number of carbonyl (C=O) groups is 2. The number of rotatable bonds is 5. The van der Waals surface area contributed by atoms with Crippen molar-refractivity contribution in [1.29, 1.82) is 0 Å². The van der Waals surface area contributed by atoms with Crippen molar-refractivity contribution in [3.63, 3.8) is 0 Å². The normalized spacial score (nSPS) is 12.6. The van der Waals surface area contributed by atoms with Crippen LogP contribution in [0, 0.1) is 0 Å². The van der Waals surface area contributed by atoms with Gasteiger partial charge in [0.25, 0.3) is 0 Å². The van der Waals surface area contributed by atoms with Crippen LogP contribution < -0.4 is 5.32 Å². The van der Waals surface area contributed by atoms with Gasteiger partial charge >= 0.3 is 6.09 Å². The lowest BCUT2D eigenvalue weighted by atomic mass is 10.0. The molecule has 0 bridgehead atoms. The highest BCUT2D eigenvalue weighted by Gasteiger charge is 2.26. The minimum Gasteiger partial charge on any atom is -0.461 e. The number of alkyl carbamates (subject to hydrolysis) is 1. The fraction of sp³-hybridized carbons (Fsp3) is 0.467. The average Bonchev–Trinajstić information content (AvgIpc) is 2.76. The third-order valence-corrected chi connectivity index (χ3v) is 2.32. The lowest BCUT2D eigenvalue weighted by Crippen LogP contribution is -2.43. The Labute approximate surface area is 119 Å². The van der Waals surface area contributed by atoms with Gasteiger partial charge in [-0.1, -0.05) is 5.57 Å². The molecule has 0 aliphatic heterocycles. The third kappa shape index (κ3) is 5.30. The van der Waals surface area contributed by atoms with Crippen LogP contribution in [0.3, 0.4) is 0 Å². The monoisotopic (exact) mass is 279 g/mol. The quantitative estimate of drug-likeness (QED) is 0.663. The summed E-state index contributed by atoms with van der Waals surface area (Å²) in [6.45, 7) is 10.8. The van der Waals surface area contributed by atoms with E-state index in [2.05, 4.69) is 11.9 Å². The minimum absolute atomic E-state index is 0.201. The Balaban J connectivity index is 2.77. The molecule has 0 saturated carbocycles. The standard InChI is InChI=1S/C15H21NO4/c1-10(2)9-11(13(17)12-7-6-8-19-12)16-14(18)20-15(3,4)5/h6-8,11H,1,9H2,2-5H3,(H,16,18)/t11-/m0/s1. The second-order valence-corrected chi connectivity index (χ2v) is 5.70. The smallest absolute Gasteiger partial charge is 0.408 e. The van der Waals surface area contributed by atoms with Crippen molar-refractivity contribution in [2.24, 2.45) is 0 Å². The number of furan rings is 1. The summed E-state index contributed by atoms with van der Waals surface area (Å²) < 4.78 is 10.2. The predicted octanol–water partition coefficient (Wildman–Crippen LogP) is 3.32. The number of ketones is 1. The lowest BCUT2D eigenvalue weighted by Gasteiger charge is -2.22. The SMILES string of the molecule is C=C(C)C[C@H](NC(=O)OC(C)(C)C)C(=O)c1ccco1. The van der Waals surface area contributed by atoms with Gasteiger partial charge in [0.1, 0.15) is 11.6 Å². The highest BCUT2D eigenvalue weighted by atomic mass is 16.6. The molecule has 0 aliphatic carbocycles. The van der Waals surface area contributed by atoms with Crippen molar-refractivity contribution < 1.29 is 18.7 Å². The van der Waals surface area contributed by atoms with Crippen LogP contribution in [-0.2, 0) is 4.74 Å². The Morgan fingerprint density at radius 2 is 2.10 bits per heavy atom. The molecule has 1 amide bonds. The summed E-state index contributed by atoms with van der Waals surface area (Å²) in [7, 11) is 0. The van der Waals surface area contributed by atoms with E-state index in [1.165, 1.54) is 6.26 Å². The molecule has 1 heterocycles. The number of ether oxygens (including phenoxy) is 1. The number of carbonyl (C=O) groups excluding carboxylic acids is 2. The maximum Gasteiger partial charge on any atom is 0.408 e. The molecule has 0 aliphatic rings. The van der Waals surface area contributed by atoms with E-state index < -0.39 is 17.7 Å². The third-order valence-electron chi connectivity index (χ3n) is 2.32. The van der Waals surface area contributed by atoms with E-state index in [9.17, 15) is 9.59 Å². The summed E-state index contributed by atoms with van der Waals surface area (Å²) >= 11 is 0. The molecule has 1 atom stereocenters. The van der Waals surface area contributed by atoms with Gasteiger partial charge in [0.05, 0.1) is 6.26 Å². The summed E-state index contributed by atoms with van der Waals surface area (Å²) in [6.07, 6.45) is 1.11. The maximum absolute atomic E-state index is 12.2. The minimum atomic E-state index is -0.742. The van der Waals surface area contributed by atoms with Gasteiger partial charge in [0.15, 0.2) is 5.76 Å². The van der Waals surface area contributed by atoms with Crippen molar-refractivity contribution in [3.05, 3.63) is 36.3 Å². The molecule has 5 nitrogen and oxygen atoms in total. The van der Waals surface area contributed by atoms with Crippen LogP contribution in [0.5, 0.6) is 0 Å². The molecule has 20 heavy (non-hydrogen) atoms. The molecule has 0 aromatic carbocycles. The molecule has 0 spiro atoms. The Morgan fingerprint density at radius 1 is 1.45 bits per heavy atom. The van der Waals surface area contributed by atoms with Gasteiger partial charge in [0.2, 0.25) is 5.78 Å². The molecule has 110 valence electrons. The van der Waals surface area contributed by atoms with Gasteiger partial charge in [-0.2, -0.15) is 0 Å². The number of hydrogen-bond acceptors (Lipinski definition) is 4. The van der Waals surface area contributed by atoms with Crippen LogP contribution >= 0.6 is 0 Å². The highest BCUT2D eigenvalue weighted by molar-refractivity contribution is 5.99. The van der Waals surface area contributed by atoms with Crippen LogP contribution in [0.1, 0.15) is 44.7 Å². The number of hydrogen-bond donors (Lipinski definition) is 1. The molecule has 1 aromatic rings. The summed E-state index contributed by atoms with van der Waals surface area (Å²) in [4.78, 5) is 24.0. The van der Waals surface area contributed by atoms with Gasteiger partial charge in [-0.15, -0.1) is 6.58 Å². The van der Waals surface area contributed by atoms with Crippen LogP contribution in [0.2, 0.25) is 0 Å². The molecule has 1 N–H and O–H groups in total. The number of nitrogens with one attached hydrogen (secondary N) is 1. The van der Waals surface area contributed by atoms with Gasteiger partial charge in [-0.05, 0) is 46.2 Å². The first-order valence-electron chi connectivity index (χ1n) is 6.40. The molecule has 0 unspecified atom stereocenters. The van der Waals surface area contributed by atoms with E-state index in [1.807, 2.05) is 0 Å². The van der Waals surface area contributed by atoms with E-state index in [4.69, 9.17) is 9.15 Å². The summed E-state index contributed by atoms with van der Waals surface area (Å²) in [6, 6.07) is 2.44. The number of Topliss-reactive ketones (excluding diaryl/α,β-unsaturated/α-hetero) is 1. The van der Waals surface area contributed by atoms with Gasteiger partial charge in [0, 0.05) is 0 Å². The Morgan fingerprint density at radius 3 is 2.55 bits per heavy atom. The lowest BCUT2D eigenvalue weighted by molar-refractivity contribution is 0.0489. The highest BCUT2D eigenvalue weighted by Crippen LogP contribution is 2.13. The largest absolute Gasteiger partial charge is 0.461 e. The fourth-order valence-electron chi connectivity index (χ4n) is 1.60. The van der Waals surface area contributed by atoms with Crippen LogP contribution in [0.25, 0.3) is 0 Å². The Hall–Kier alpha value is -2.04. The van der Waals surface area contributed by atoms with Crippen molar-refractivity contribution in [3.8, 4) is 0 Å². The van der Waals surface area contributed by atoms with E-state index in [-0.39, 0.29) is 11.5 Å². The second kappa shape index (κ2) is 6.41. The molecule has 0 saturated heterocycles. The second-order valence-electron chi connectivity index (χ2n) is 5.70. The van der Waals surface area contributed by atoms with Crippen LogP contribution in [0.4, 0.5) is 4.79 Å². The zero-order valence-corrected chi connectivity index (χ0v) is 12.4. The topological polar surface area (TPSA) is 68.5 Å². The van der Waals surface area contributed by atoms with Gasteiger partial charge in [-0.25, -0.2) is 4.79 Å². The summed E-state index contributed by atoms with van der Waals surface area (Å²) in [5, 5.41) is 2.56. The fourth-order valence-corrected chi connectivity index (χ4v) is 1.60. The zero-order valence-electron chi connectivity index (χ0n) is 12.4. The van der Waals surface area contributed by atoms with Crippen molar-refractivity contribution in [1.82, 2.24) is 5.32 Å². The molecule has 0 radical (unpaired) electrons. The molecular formula is C15H21NO4. The Bertz CT molecular complexity index is 482. The van der Waals surface area contributed by atoms with E-state index >= 15 is 0 Å². The van der Waals surface area contributed by atoms with E-state index in [0.717, 1.165) is 5.57 Å². The summed E-state index contributed by atoms with van der Waals surface area (Å²) in [5.74, 6) is -0.101. The van der Waals surface area contributed by atoms with Crippen molar-refractivity contribution in [2.45, 2.75) is 45.8 Å². The number of amides is 1. The van der Waals surface area contributed by atoms with E-state index in [1.54, 1.807) is 39.8 Å². The first-order valence-corrected chi connectivity index (χ1v) is 6.40. The predicted molar refractivity (Wildman–Crippen MR) is 75.6 cm³/mol. The summed E-state index contributed by atoms with van der Waals surface area (Å²) in [5.41, 5.74) is 0.164. The maximum atomic E-state index is 12.2. The van der Waals surface area contributed by atoms with Crippen LogP contribution in [-0.4, -0.2) is 23.5 Å².